The van der Waals surface area contributed by atoms with Crippen molar-refractivity contribution in [1.82, 2.24) is 10.2 Å². The Balaban J connectivity index is 2.85. The normalized spacial score (nSPS) is 10.9. The van der Waals surface area contributed by atoms with Crippen molar-refractivity contribution < 1.29 is 29.0 Å². The van der Waals surface area contributed by atoms with Crippen LogP contribution in [0.3, 0.4) is 0 Å². The molecule has 0 saturated carbocycles. The predicted molar refractivity (Wildman–Crippen MR) is 99.7 cm³/mol. The molecule has 0 unspecified atom stereocenters. The lowest BCUT2D eigenvalue weighted by Gasteiger charge is -2.22. The van der Waals surface area contributed by atoms with Crippen molar-refractivity contribution in [1.29, 1.82) is 0 Å². The monoisotopic (exact) mass is 380 g/mol. The van der Waals surface area contributed by atoms with Crippen molar-refractivity contribution in [3.05, 3.63) is 23.8 Å². The standard InChI is InChI=1S/C19H28N2O6/c1-19(2,3)9-16(22)20-10-17(23)21(12-18(24)25)11-13-6-14(26-4)8-15(7-13)27-5/h6-8H,9-12H2,1-5H3,(H,20,22)(H,24,25). The van der Waals surface area contributed by atoms with Gasteiger partial charge in [-0.2, -0.15) is 0 Å². The number of nitrogens with zero attached hydrogens (tertiary/aromatic N) is 1. The molecule has 1 rings (SSSR count). The molecule has 27 heavy (non-hydrogen) atoms. The summed E-state index contributed by atoms with van der Waals surface area (Å²) in [7, 11) is 3.01. The maximum Gasteiger partial charge on any atom is 0.323 e. The quantitative estimate of drug-likeness (QED) is 0.675. The van der Waals surface area contributed by atoms with Crippen LogP contribution in [-0.2, 0) is 20.9 Å². The molecular weight excluding hydrogens is 352 g/mol. The highest BCUT2D eigenvalue weighted by atomic mass is 16.5. The zero-order chi connectivity index (χ0) is 20.6. The Hall–Kier alpha value is -2.77. The maximum absolute atomic E-state index is 12.4. The molecule has 0 atom stereocenters. The van der Waals surface area contributed by atoms with Gasteiger partial charge >= 0.3 is 5.97 Å². The Labute approximate surface area is 159 Å². The third kappa shape index (κ3) is 8.44. The second-order valence-corrected chi connectivity index (χ2v) is 7.38. The number of carboxylic acids is 1. The van der Waals surface area contributed by atoms with E-state index in [9.17, 15) is 14.4 Å². The van der Waals surface area contributed by atoms with Crippen LogP contribution in [-0.4, -0.2) is 55.1 Å². The Morgan fingerprint density at radius 2 is 1.63 bits per heavy atom. The number of ether oxygens (including phenoxy) is 2. The fourth-order valence-corrected chi connectivity index (χ4v) is 2.40. The van der Waals surface area contributed by atoms with Crippen LogP contribution >= 0.6 is 0 Å². The van der Waals surface area contributed by atoms with Crippen LogP contribution in [0, 0.1) is 5.41 Å². The number of amides is 2. The molecule has 0 heterocycles. The van der Waals surface area contributed by atoms with E-state index >= 15 is 0 Å². The molecule has 0 radical (unpaired) electrons. The number of carbonyl (C=O) groups excluding carboxylic acids is 2. The summed E-state index contributed by atoms with van der Waals surface area (Å²) in [6.45, 7) is 5.06. The summed E-state index contributed by atoms with van der Waals surface area (Å²) in [5.74, 6) is -0.814. The van der Waals surface area contributed by atoms with Crippen LogP contribution in [0.25, 0.3) is 0 Å². The smallest absolute Gasteiger partial charge is 0.323 e. The molecule has 8 nitrogen and oxygen atoms in total. The number of hydrogen-bond acceptors (Lipinski definition) is 5. The first kappa shape index (κ1) is 22.3. The summed E-state index contributed by atoms with van der Waals surface area (Å²) in [5, 5.41) is 11.7. The number of benzene rings is 1. The summed E-state index contributed by atoms with van der Waals surface area (Å²) >= 11 is 0. The molecular formula is C19H28N2O6. The minimum Gasteiger partial charge on any atom is -0.497 e. The molecule has 0 aliphatic heterocycles. The van der Waals surface area contributed by atoms with Gasteiger partial charge in [-0.1, -0.05) is 20.8 Å². The van der Waals surface area contributed by atoms with Gasteiger partial charge in [0.2, 0.25) is 11.8 Å². The first-order valence-corrected chi connectivity index (χ1v) is 8.52. The second kappa shape index (κ2) is 9.80. The van der Waals surface area contributed by atoms with Crippen molar-refractivity contribution in [3.63, 3.8) is 0 Å². The molecule has 150 valence electrons. The lowest BCUT2D eigenvalue weighted by Crippen LogP contribution is -2.42. The van der Waals surface area contributed by atoms with E-state index in [1.807, 2.05) is 20.8 Å². The lowest BCUT2D eigenvalue weighted by molar-refractivity contribution is -0.144. The van der Waals surface area contributed by atoms with Gasteiger partial charge in [0.05, 0.1) is 20.8 Å². The van der Waals surface area contributed by atoms with E-state index in [0.717, 1.165) is 4.90 Å². The fourth-order valence-electron chi connectivity index (χ4n) is 2.40. The van der Waals surface area contributed by atoms with Gasteiger partial charge in [0.25, 0.3) is 0 Å². The summed E-state index contributed by atoms with van der Waals surface area (Å²) in [4.78, 5) is 36.7. The van der Waals surface area contributed by atoms with E-state index in [1.165, 1.54) is 14.2 Å². The first-order valence-electron chi connectivity index (χ1n) is 8.52. The van der Waals surface area contributed by atoms with Gasteiger partial charge in [-0.25, -0.2) is 0 Å². The Morgan fingerprint density at radius 3 is 2.07 bits per heavy atom. The van der Waals surface area contributed by atoms with E-state index in [4.69, 9.17) is 14.6 Å². The van der Waals surface area contributed by atoms with E-state index in [0.29, 0.717) is 17.1 Å². The molecule has 2 amide bonds. The largest absolute Gasteiger partial charge is 0.497 e. The molecule has 0 fully saturated rings. The van der Waals surface area contributed by atoms with Gasteiger partial charge in [-0.05, 0) is 23.1 Å². The van der Waals surface area contributed by atoms with Crippen LogP contribution in [0.1, 0.15) is 32.8 Å². The van der Waals surface area contributed by atoms with E-state index in [1.54, 1.807) is 18.2 Å². The predicted octanol–water partition coefficient (Wildman–Crippen LogP) is 1.67. The molecule has 0 aliphatic rings. The highest BCUT2D eigenvalue weighted by Crippen LogP contribution is 2.23. The molecule has 0 aliphatic carbocycles. The number of methoxy groups -OCH3 is 2. The van der Waals surface area contributed by atoms with Crippen LogP contribution in [0.4, 0.5) is 0 Å². The van der Waals surface area contributed by atoms with Crippen molar-refractivity contribution in [2.75, 3.05) is 27.3 Å². The van der Waals surface area contributed by atoms with Crippen LogP contribution in [0.2, 0.25) is 0 Å². The zero-order valence-corrected chi connectivity index (χ0v) is 16.5. The number of hydrogen-bond donors (Lipinski definition) is 2. The lowest BCUT2D eigenvalue weighted by atomic mass is 9.92. The molecule has 2 N–H and O–H groups in total. The third-order valence-corrected chi connectivity index (χ3v) is 3.59. The molecule has 0 saturated heterocycles. The van der Waals surface area contributed by atoms with Crippen molar-refractivity contribution in [2.24, 2.45) is 5.41 Å². The summed E-state index contributed by atoms with van der Waals surface area (Å²) in [6, 6.07) is 5.07. The average molecular weight is 380 g/mol. The molecule has 8 heteroatoms. The SMILES string of the molecule is COc1cc(CN(CC(=O)O)C(=O)CNC(=O)CC(C)(C)C)cc(OC)c1. The van der Waals surface area contributed by atoms with Gasteiger partial charge in [0.1, 0.15) is 18.0 Å². The van der Waals surface area contributed by atoms with Crippen molar-refractivity contribution >= 4 is 17.8 Å². The number of aliphatic carboxylic acids is 1. The van der Waals surface area contributed by atoms with E-state index in [-0.39, 0.29) is 30.8 Å². The number of rotatable bonds is 9. The minimum atomic E-state index is -1.14. The number of carboxylic acid groups (broad SMARTS) is 1. The Kier molecular flexibility index (Phi) is 8.08. The summed E-state index contributed by atoms with van der Waals surface area (Å²) in [6.07, 6.45) is 0.270. The minimum absolute atomic E-state index is 0.0494. The van der Waals surface area contributed by atoms with Gasteiger partial charge in [-0.3, -0.25) is 14.4 Å². The first-order chi connectivity index (χ1) is 12.5. The van der Waals surface area contributed by atoms with Crippen LogP contribution < -0.4 is 14.8 Å². The third-order valence-electron chi connectivity index (χ3n) is 3.59. The summed E-state index contributed by atoms with van der Waals surface area (Å²) < 4.78 is 10.4. The second-order valence-electron chi connectivity index (χ2n) is 7.38. The zero-order valence-electron chi connectivity index (χ0n) is 16.5. The summed E-state index contributed by atoms with van der Waals surface area (Å²) in [5.41, 5.74) is 0.451. The molecule has 0 aromatic heterocycles. The molecule has 1 aromatic carbocycles. The Morgan fingerprint density at radius 1 is 1.07 bits per heavy atom. The fraction of sp³-hybridized carbons (Fsp3) is 0.526. The number of nitrogens with one attached hydrogen (secondary N) is 1. The topological polar surface area (TPSA) is 105 Å². The number of carbonyl (C=O) groups is 3. The van der Waals surface area contributed by atoms with Crippen LogP contribution in [0.15, 0.2) is 18.2 Å². The van der Waals surface area contributed by atoms with Crippen molar-refractivity contribution in [3.8, 4) is 11.5 Å². The molecule has 0 spiro atoms. The van der Waals surface area contributed by atoms with Gasteiger partial charge in [0, 0.05) is 19.0 Å². The van der Waals surface area contributed by atoms with Gasteiger partial charge in [-0.15, -0.1) is 0 Å². The van der Waals surface area contributed by atoms with Crippen LogP contribution in [0.5, 0.6) is 11.5 Å². The Bertz CT molecular complexity index is 659. The van der Waals surface area contributed by atoms with Gasteiger partial charge in [0.15, 0.2) is 0 Å². The molecule has 1 aromatic rings. The highest BCUT2D eigenvalue weighted by molar-refractivity contribution is 5.87. The average Bonchev–Trinajstić information content (AvgIpc) is 2.56. The van der Waals surface area contributed by atoms with Crippen molar-refractivity contribution in [2.45, 2.75) is 33.7 Å². The molecule has 0 bridgehead atoms. The van der Waals surface area contributed by atoms with Gasteiger partial charge < -0.3 is 24.8 Å². The maximum atomic E-state index is 12.4. The highest BCUT2D eigenvalue weighted by Gasteiger charge is 2.20. The van der Waals surface area contributed by atoms with E-state index in [2.05, 4.69) is 5.32 Å². The van der Waals surface area contributed by atoms with E-state index < -0.39 is 18.4 Å².